The molecule has 0 aliphatic carbocycles. The molecule has 0 aliphatic rings. The van der Waals surface area contributed by atoms with Crippen molar-refractivity contribution >= 4 is 33.2 Å². The van der Waals surface area contributed by atoms with Crippen LogP contribution in [0.15, 0.2) is 34.8 Å². The van der Waals surface area contributed by atoms with Crippen LogP contribution in [0.3, 0.4) is 0 Å². The molecule has 0 fully saturated rings. The molecule has 0 heterocycles. The Hall–Kier alpha value is -1.26. The molecule has 2 rings (SSSR count). The van der Waals surface area contributed by atoms with Gasteiger partial charge in [0.2, 0.25) is 0 Å². The minimum absolute atomic E-state index is 0.107. The van der Waals surface area contributed by atoms with Gasteiger partial charge in [0.1, 0.15) is 18.2 Å². The zero-order chi connectivity index (χ0) is 14.0. The normalized spacial score (nSPS) is 10.5. The molecule has 0 amide bonds. The summed E-state index contributed by atoms with van der Waals surface area (Å²) in [4.78, 5) is 0. The summed E-state index contributed by atoms with van der Waals surface area (Å²) in [6.45, 7) is 1.99. The Morgan fingerprint density at radius 3 is 2.68 bits per heavy atom. The third kappa shape index (κ3) is 3.39. The molecule has 19 heavy (non-hydrogen) atoms. The predicted molar refractivity (Wildman–Crippen MR) is 79.0 cm³/mol. The summed E-state index contributed by atoms with van der Waals surface area (Å²) in [5, 5.41) is 0.362. The summed E-state index contributed by atoms with van der Waals surface area (Å²) < 4.78 is 20.1. The summed E-state index contributed by atoms with van der Waals surface area (Å²) in [5.41, 5.74) is 7.72. The quantitative estimate of drug-likeness (QED) is 0.818. The summed E-state index contributed by atoms with van der Waals surface area (Å²) in [6.07, 6.45) is 0. The number of rotatable bonds is 3. The van der Waals surface area contributed by atoms with Crippen molar-refractivity contribution in [1.29, 1.82) is 0 Å². The van der Waals surface area contributed by atoms with Gasteiger partial charge in [0.25, 0.3) is 0 Å². The summed E-state index contributed by atoms with van der Waals surface area (Å²) in [5.74, 6) is 0.179. The fourth-order valence-corrected chi connectivity index (χ4v) is 2.49. The molecular weight excluding hydrogens is 333 g/mol. The number of nitrogen functional groups attached to an aromatic ring is 1. The molecule has 5 heteroatoms. The minimum atomic E-state index is -0.388. The van der Waals surface area contributed by atoms with Crippen LogP contribution >= 0.6 is 27.5 Å². The molecule has 0 bridgehead atoms. The molecule has 100 valence electrons. The van der Waals surface area contributed by atoms with E-state index in [2.05, 4.69) is 15.9 Å². The van der Waals surface area contributed by atoms with Crippen molar-refractivity contribution in [2.75, 3.05) is 5.73 Å². The van der Waals surface area contributed by atoms with Crippen LogP contribution < -0.4 is 10.5 Å². The largest absolute Gasteiger partial charge is 0.486 e. The third-order valence-corrected chi connectivity index (χ3v) is 3.35. The molecule has 0 unspecified atom stereocenters. The van der Waals surface area contributed by atoms with Crippen molar-refractivity contribution in [3.63, 3.8) is 0 Å². The van der Waals surface area contributed by atoms with Crippen LogP contribution in [0.5, 0.6) is 5.75 Å². The van der Waals surface area contributed by atoms with E-state index >= 15 is 0 Å². The first-order valence-corrected chi connectivity index (χ1v) is 6.77. The Morgan fingerprint density at radius 2 is 2.05 bits per heavy atom. The summed E-state index contributed by atoms with van der Waals surface area (Å²) in [7, 11) is 0. The first-order valence-electron chi connectivity index (χ1n) is 5.59. The second kappa shape index (κ2) is 5.80. The Bertz CT molecular complexity index is 595. The lowest BCUT2D eigenvalue weighted by Gasteiger charge is -2.13. The first-order chi connectivity index (χ1) is 8.97. The maximum atomic E-state index is 13.6. The lowest BCUT2D eigenvalue weighted by Crippen LogP contribution is -2.02. The van der Waals surface area contributed by atoms with Gasteiger partial charge in [-0.15, -0.1) is 0 Å². The topological polar surface area (TPSA) is 35.2 Å². The maximum Gasteiger partial charge on any atom is 0.145 e. The molecule has 0 saturated carbocycles. The minimum Gasteiger partial charge on any atom is -0.486 e. The van der Waals surface area contributed by atoms with E-state index in [-0.39, 0.29) is 12.4 Å². The Kier molecular flexibility index (Phi) is 4.32. The van der Waals surface area contributed by atoms with Crippen LogP contribution in [0, 0.1) is 12.7 Å². The third-order valence-electron chi connectivity index (χ3n) is 2.66. The van der Waals surface area contributed by atoms with Crippen molar-refractivity contribution < 1.29 is 9.13 Å². The van der Waals surface area contributed by atoms with E-state index in [9.17, 15) is 4.39 Å². The number of benzene rings is 2. The number of aryl methyl sites for hydroxylation is 1. The summed E-state index contributed by atoms with van der Waals surface area (Å²) in [6, 6.07) is 8.13. The molecule has 2 N–H and O–H groups in total. The second-order valence-electron chi connectivity index (χ2n) is 4.17. The first kappa shape index (κ1) is 14.2. The van der Waals surface area contributed by atoms with E-state index in [4.69, 9.17) is 22.1 Å². The molecule has 0 spiro atoms. The van der Waals surface area contributed by atoms with Gasteiger partial charge in [-0.3, -0.25) is 0 Å². The van der Waals surface area contributed by atoms with Gasteiger partial charge in [0, 0.05) is 15.1 Å². The molecule has 0 aliphatic heterocycles. The van der Waals surface area contributed by atoms with E-state index in [0.717, 1.165) is 10.0 Å². The summed E-state index contributed by atoms with van der Waals surface area (Å²) >= 11 is 9.05. The molecule has 2 aromatic rings. The van der Waals surface area contributed by atoms with Crippen LogP contribution in [0.4, 0.5) is 10.1 Å². The van der Waals surface area contributed by atoms with Crippen LogP contribution in [0.2, 0.25) is 5.02 Å². The molecule has 0 radical (unpaired) electrons. The fraction of sp³-hybridized carbons (Fsp3) is 0.143. The van der Waals surface area contributed by atoms with Crippen molar-refractivity contribution in [3.05, 3.63) is 56.8 Å². The van der Waals surface area contributed by atoms with E-state index in [1.54, 1.807) is 18.2 Å². The van der Waals surface area contributed by atoms with Crippen molar-refractivity contribution in [3.8, 4) is 5.75 Å². The number of hydrogen-bond donors (Lipinski definition) is 1. The Morgan fingerprint density at radius 1 is 1.32 bits per heavy atom. The fourth-order valence-electron chi connectivity index (χ4n) is 1.74. The molecule has 0 saturated heterocycles. The number of hydrogen-bond acceptors (Lipinski definition) is 2. The van der Waals surface area contributed by atoms with Gasteiger partial charge in [0.05, 0.1) is 5.69 Å². The van der Waals surface area contributed by atoms with E-state index in [1.165, 1.54) is 6.07 Å². The van der Waals surface area contributed by atoms with Crippen LogP contribution in [0.25, 0.3) is 0 Å². The van der Waals surface area contributed by atoms with Crippen molar-refractivity contribution in [2.45, 2.75) is 13.5 Å². The van der Waals surface area contributed by atoms with Gasteiger partial charge >= 0.3 is 0 Å². The van der Waals surface area contributed by atoms with E-state index in [0.29, 0.717) is 22.0 Å². The second-order valence-corrected chi connectivity index (χ2v) is 5.52. The van der Waals surface area contributed by atoms with Gasteiger partial charge in [-0.05, 0) is 36.8 Å². The van der Waals surface area contributed by atoms with Gasteiger partial charge < -0.3 is 10.5 Å². The zero-order valence-corrected chi connectivity index (χ0v) is 12.6. The molecule has 2 aromatic carbocycles. The predicted octanol–water partition coefficient (Wildman–Crippen LogP) is 4.71. The van der Waals surface area contributed by atoms with Gasteiger partial charge in [0.15, 0.2) is 0 Å². The zero-order valence-electron chi connectivity index (χ0n) is 10.2. The highest BCUT2D eigenvalue weighted by atomic mass is 79.9. The van der Waals surface area contributed by atoms with E-state index < -0.39 is 0 Å². The lowest BCUT2D eigenvalue weighted by molar-refractivity contribution is 0.299. The number of anilines is 1. The number of halogens is 3. The van der Waals surface area contributed by atoms with Crippen LogP contribution in [-0.2, 0) is 6.61 Å². The maximum absolute atomic E-state index is 13.6. The number of nitrogens with two attached hydrogens (primary N) is 1. The van der Waals surface area contributed by atoms with Crippen LogP contribution in [0.1, 0.15) is 11.1 Å². The molecule has 2 nitrogen and oxygen atoms in total. The SMILES string of the molecule is Cc1cc(Br)cc(N)c1OCc1ccc(Cl)cc1F. The number of ether oxygens (including phenoxy) is 1. The van der Waals surface area contributed by atoms with Crippen molar-refractivity contribution in [2.24, 2.45) is 0 Å². The molecule has 0 atom stereocenters. The van der Waals surface area contributed by atoms with E-state index in [1.807, 2.05) is 13.0 Å². The van der Waals surface area contributed by atoms with Gasteiger partial charge in [-0.25, -0.2) is 4.39 Å². The highest BCUT2D eigenvalue weighted by Crippen LogP contribution is 2.31. The Labute approximate surface area is 124 Å². The van der Waals surface area contributed by atoms with Gasteiger partial charge in [-0.2, -0.15) is 0 Å². The average molecular weight is 345 g/mol. The smallest absolute Gasteiger partial charge is 0.145 e. The monoisotopic (exact) mass is 343 g/mol. The van der Waals surface area contributed by atoms with Gasteiger partial charge in [-0.1, -0.05) is 33.6 Å². The standard InChI is InChI=1S/C14H12BrClFNO/c1-8-4-10(15)5-13(18)14(8)19-7-9-2-3-11(16)6-12(9)17/h2-6H,7,18H2,1H3. The lowest BCUT2D eigenvalue weighted by atomic mass is 10.2. The van der Waals surface area contributed by atoms with Crippen LogP contribution in [-0.4, -0.2) is 0 Å². The molecular formula is C14H12BrClFNO. The van der Waals surface area contributed by atoms with Crippen molar-refractivity contribution in [1.82, 2.24) is 0 Å². The highest BCUT2D eigenvalue weighted by Gasteiger charge is 2.09. The molecule has 0 aromatic heterocycles. The average Bonchev–Trinajstić information content (AvgIpc) is 2.30. The highest BCUT2D eigenvalue weighted by molar-refractivity contribution is 9.10. The Balaban J connectivity index is 2.19.